The lowest BCUT2D eigenvalue weighted by atomic mass is 9.83. The maximum atomic E-state index is 14.1. The molecule has 2 nitrogen and oxygen atoms in total. The maximum absolute atomic E-state index is 14.1. The van der Waals surface area contributed by atoms with Crippen LogP contribution in [0, 0.1) is 5.92 Å². The first-order valence-corrected chi connectivity index (χ1v) is 8.53. The van der Waals surface area contributed by atoms with E-state index >= 15 is 0 Å². The third-order valence-electron chi connectivity index (χ3n) is 4.71. The summed E-state index contributed by atoms with van der Waals surface area (Å²) in [5.41, 5.74) is 0.889. The fourth-order valence-electron chi connectivity index (χ4n) is 3.59. The van der Waals surface area contributed by atoms with Crippen LogP contribution in [0.2, 0.25) is 0 Å². The summed E-state index contributed by atoms with van der Waals surface area (Å²) in [6.07, 6.45) is 6.87. The van der Waals surface area contributed by atoms with Crippen molar-refractivity contribution in [3.8, 4) is 0 Å². The van der Waals surface area contributed by atoms with E-state index in [9.17, 15) is 13.6 Å². The molecule has 1 aliphatic heterocycles. The summed E-state index contributed by atoms with van der Waals surface area (Å²) >= 11 is 0. The first-order chi connectivity index (χ1) is 11.2. The van der Waals surface area contributed by atoms with Crippen LogP contribution >= 0.6 is 0 Å². The smallest absolute Gasteiger partial charge is 0.271 e. The molecule has 1 saturated heterocycles. The molecule has 24 heavy (non-hydrogen) atoms. The Morgan fingerprint density at radius 2 is 2.04 bits per heavy atom. The number of carbonyl (C=O) groups excluding carboxylic acids is 1. The lowest BCUT2D eigenvalue weighted by Crippen LogP contribution is -2.47. The van der Waals surface area contributed by atoms with Crippen LogP contribution in [-0.4, -0.2) is 29.2 Å². The largest absolute Gasteiger partial charge is 0.368 e. The number of likely N-dealkylation sites (tertiary alicyclic amines) is 1. The highest BCUT2D eigenvalue weighted by Crippen LogP contribution is 2.37. The Kier molecular flexibility index (Phi) is 7.12. The molecule has 0 aromatic rings. The Bertz CT molecular complexity index is 554. The van der Waals surface area contributed by atoms with E-state index in [1.165, 1.54) is 12.2 Å². The molecule has 1 aliphatic rings. The van der Waals surface area contributed by atoms with E-state index in [2.05, 4.69) is 13.2 Å². The number of allylic oxidation sites excluding steroid dienone is 4. The highest BCUT2D eigenvalue weighted by Gasteiger charge is 2.37. The van der Waals surface area contributed by atoms with Crippen molar-refractivity contribution in [1.29, 1.82) is 0 Å². The van der Waals surface area contributed by atoms with Crippen LogP contribution < -0.4 is 0 Å². The van der Waals surface area contributed by atoms with Crippen LogP contribution in [0.3, 0.4) is 0 Å². The van der Waals surface area contributed by atoms with Gasteiger partial charge in [-0.1, -0.05) is 38.3 Å². The van der Waals surface area contributed by atoms with Gasteiger partial charge in [-0.2, -0.15) is 0 Å². The first-order valence-electron chi connectivity index (χ1n) is 8.53. The predicted molar refractivity (Wildman–Crippen MR) is 96.0 cm³/mol. The molecule has 0 amide bonds. The lowest BCUT2D eigenvalue weighted by molar-refractivity contribution is -0.124. The highest BCUT2D eigenvalue weighted by atomic mass is 19.3. The Morgan fingerprint density at radius 3 is 2.46 bits per heavy atom. The van der Waals surface area contributed by atoms with E-state index in [0.717, 1.165) is 32.7 Å². The zero-order valence-electron chi connectivity index (χ0n) is 15.2. The molecule has 0 aromatic heterocycles. The molecule has 4 heteroatoms. The van der Waals surface area contributed by atoms with E-state index in [4.69, 9.17) is 0 Å². The first kappa shape index (κ1) is 20.3. The molecule has 0 spiro atoms. The summed E-state index contributed by atoms with van der Waals surface area (Å²) in [5.74, 6) is -2.90. The fraction of sp³-hybridized carbons (Fsp3) is 0.550. The number of nitrogens with zero attached hydrogens (tertiary/aromatic N) is 1. The monoisotopic (exact) mass is 337 g/mol. The van der Waals surface area contributed by atoms with Crippen LogP contribution in [0.5, 0.6) is 0 Å². The van der Waals surface area contributed by atoms with E-state index in [1.807, 2.05) is 11.8 Å². The van der Waals surface area contributed by atoms with Crippen molar-refractivity contribution in [2.45, 2.75) is 58.9 Å². The molecular weight excluding hydrogens is 308 g/mol. The number of piperidine rings is 1. The Labute approximate surface area is 144 Å². The molecule has 0 saturated carbocycles. The van der Waals surface area contributed by atoms with Gasteiger partial charge in [0.05, 0.1) is 0 Å². The van der Waals surface area contributed by atoms with Crippen LogP contribution in [0.15, 0.2) is 48.2 Å². The van der Waals surface area contributed by atoms with Crippen molar-refractivity contribution < 1.29 is 13.6 Å². The normalized spacial score (nSPS) is 23.2. The molecule has 0 radical (unpaired) electrons. The zero-order valence-corrected chi connectivity index (χ0v) is 15.2. The van der Waals surface area contributed by atoms with Gasteiger partial charge in [0, 0.05) is 42.3 Å². The summed E-state index contributed by atoms with van der Waals surface area (Å²) in [7, 11) is 0. The summed E-state index contributed by atoms with van der Waals surface area (Å²) in [5, 5.41) is 0. The minimum atomic E-state index is -2.99. The van der Waals surface area contributed by atoms with Gasteiger partial charge in [0.15, 0.2) is 0 Å². The molecule has 1 rings (SSSR count). The standard InChI is InChI=1S/C20H29F2NO/c1-7-11-18(20(6,21)22)16(8-2)14(4)23-13-10-12-17(15(5)24)19(23)9-3/h7-8,11,17,19H,1,4,9-10,12-13H2,2-3,5-6H3/b16-8-,18-11+. The van der Waals surface area contributed by atoms with Crippen molar-refractivity contribution in [2.24, 2.45) is 5.92 Å². The molecule has 0 aliphatic carbocycles. The predicted octanol–water partition coefficient (Wildman–Crippen LogP) is 5.29. The Hall–Kier alpha value is -1.71. The molecule has 0 bridgehead atoms. The number of hydrogen-bond donors (Lipinski definition) is 0. The molecule has 0 N–H and O–H groups in total. The van der Waals surface area contributed by atoms with Crippen LogP contribution in [0.25, 0.3) is 0 Å². The molecule has 1 fully saturated rings. The minimum absolute atomic E-state index is 0.00848. The molecule has 2 atom stereocenters. The van der Waals surface area contributed by atoms with Gasteiger partial charge >= 0.3 is 0 Å². The second-order valence-electron chi connectivity index (χ2n) is 6.38. The van der Waals surface area contributed by atoms with Gasteiger partial charge in [-0.3, -0.25) is 4.79 Å². The lowest BCUT2D eigenvalue weighted by Gasteiger charge is -2.43. The van der Waals surface area contributed by atoms with Gasteiger partial charge in [-0.25, -0.2) is 8.78 Å². The van der Waals surface area contributed by atoms with Crippen LogP contribution in [-0.2, 0) is 4.79 Å². The number of halogens is 2. The van der Waals surface area contributed by atoms with E-state index in [0.29, 0.717) is 11.3 Å². The van der Waals surface area contributed by atoms with Crippen LogP contribution in [0.1, 0.15) is 47.0 Å². The molecule has 0 aromatic carbocycles. The zero-order chi connectivity index (χ0) is 18.5. The van der Waals surface area contributed by atoms with Crippen molar-refractivity contribution >= 4 is 5.78 Å². The maximum Gasteiger partial charge on any atom is 0.271 e. The Morgan fingerprint density at radius 1 is 1.42 bits per heavy atom. The average Bonchev–Trinajstić information content (AvgIpc) is 2.52. The van der Waals surface area contributed by atoms with Crippen molar-refractivity contribution in [1.82, 2.24) is 4.90 Å². The summed E-state index contributed by atoms with van der Waals surface area (Å²) in [6.45, 7) is 14.6. The van der Waals surface area contributed by atoms with Gasteiger partial charge in [0.25, 0.3) is 5.92 Å². The number of rotatable bonds is 7. The van der Waals surface area contributed by atoms with Gasteiger partial charge in [0.2, 0.25) is 0 Å². The quantitative estimate of drug-likeness (QED) is 0.588. The average molecular weight is 337 g/mol. The number of hydrogen-bond acceptors (Lipinski definition) is 2. The molecule has 2 unspecified atom stereocenters. The summed E-state index contributed by atoms with van der Waals surface area (Å²) in [4.78, 5) is 14.0. The second-order valence-corrected chi connectivity index (χ2v) is 6.38. The second kappa shape index (κ2) is 8.41. The SMILES string of the molecule is C=C/C=C(\C(=C/C)C(=C)N1CCCC(C(C)=O)C1CC)C(C)(F)F. The van der Waals surface area contributed by atoms with Gasteiger partial charge in [0.1, 0.15) is 5.78 Å². The fourth-order valence-corrected chi connectivity index (χ4v) is 3.59. The van der Waals surface area contributed by atoms with E-state index in [1.54, 1.807) is 19.9 Å². The molecule has 1 heterocycles. The number of ketones is 1. The van der Waals surface area contributed by atoms with Gasteiger partial charge < -0.3 is 4.90 Å². The third kappa shape index (κ3) is 4.43. The molecule has 134 valence electrons. The van der Waals surface area contributed by atoms with Gasteiger partial charge in [-0.05, 0) is 33.1 Å². The van der Waals surface area contributed by atoms with E-state index in [-0.39, 0.29) is 23.3 Å². The third-order valence-corrected chi connectivity index (χ3v) is 4.71. The minimum Gasteiger partial charge on any atom is -0.368 e. The van der Waals surface area contributed by atoms with Crippen molar-refractivity contribution in [3.63, 3.8) is 0 Å². The van der Waals surface area contributed by atoms with Crippen molar-refractivity contribution in [3.05, 3.63) is 48.2 Å². The van der Waals surface area contributed by atoms with Crippen LogP contribution in [0.4, 0.5) is 8.78 Å². The number of alkyl halides is 2. The topological polar surface area (TPSA) is 20.3 Å². The molecular formula is C20H29F2NO. The summed E-state index contributed by atoms with van der Waals surface area (Å²) < 4.78 is 28.1. The highest BCUT2D eigenvalue weighted by molar-refractivity contribution is 5.79. The van der Waals surface area contributed by atoms with Crippen molar-refractivity contribution in [2.75, 3.05) is 6.54 Å². The number of carbonyl (C=O) groups is 1. The van der Waals surface area contributed by atoms with Gasteiger partial charge in [-0.15, -0.1) is 0 Å². The Balaban J connectivity index is 3.23. The number of Topliss-reactive ketones (excluding diaryl/α,β-unsaturated/α-hetero) is 1. The van der Waals surface area contributed by atoms with E-state index < -0.39 is 5.92 Å². The summed E-state index contributed by atoms with van der Waals surface area (Å²) in [6, 6.07) is 0.00848.